The molecule has 2 aromatic carbocycles. The van der Waals surface area contributed by atoms with Crippen molar-refractivity contribution in [2.24, 2.45) is 0 Å². The zero-order valence-corrected chi connectivity index (χ0v) is 16.3. The molecule has 0 saturated heterocycles. The molecule has 1 nitrogen and oxygen atoms in total. The summed E-state index contributed by atoms with van der Waals surface area (Å²) in [7, 11) is 0. The van der Waals surface area contributed by atoms with Gasteiger partial charge >= 0.3 is 12.3 Å². The molecular formula is C23H26F4O. The third-order valence-corrected chi connectivity index (χ3v) is 4.84. The molecule has 0 amide bonds. The number of carbonyl (C=O) groups is 1. The molecule has 152 valence electrons. The fourth-order valence-corrected chi connectivity index (χ4v) is 3.36. The number of halogens is 4. The molecule has 2 rings (SSSR count). The summed E-state index contributed by atoms with van der Waals surface area (Å²) in [6.07, 6.45) is -2.60. The summed E-state index contributed by atoms with van der Waals surface area (Å²) >= 11 is 0. The quantitative estimate of drug-likeness (QED) is 0.230. The number of hydrogen-bond donors (Lipinski definition) is 0. The highest BCUT2D eigenvalue weighted by molar-refractivity contribution is 6.10. The maximum Gasteiger partial charge on any atom is 0.307 e. The minimum atomic E-state index is -4.04. The zero-order valence-electron chi connectivity index (χ0n) is 16.3. The highest BCUT2D eigenvalue weighted by atomic mass is 19.3. The smallest absolute Gasteiger partial charge is 0.289 e. The summed E-state index contributed by atoms with van der Waals surface area (Å²) in [6.45, 7) is 3.79. The van der Waals surface area contributed by atoms with E-state index in [2.05, 4.69) is 0 Å². The van der Waals surface area contributed by atoms with Gasteiger partial charge in [0.05, 0.1) is 0 Å². The Balaban J connectivity index is 2.39. The number of benzene rings is 2. The van der Waals surface area contributed by atoms with Gasteiger partial charge in [0.15, 0.2) is 5.78 Å². The minimum Gasteiger partial charge on any atom is -0.289 e. The molecule has 0 unspecified atom stereocenters. The Labute approximate surface area is 163 Å². The Hall–Kier alpha value is -2.17. The lowest BCUT2D eigenvalue weighted by Gasteiger charge is -2.19. The fourth-order valence-electron chi connectivity index (χ4n) is 3.36. The molecule has 0 fully saturated rings. The van der Waals surface area contributed by atoms with Gasteiger partial charge in [-0.05, 0) is 41.7 Å². The lowest BCUT2D eigenvalue weighted by Crippen LogP contribution is -2.26. The summed E-state index contributed by atoms with van der Waals surface area (Å²) in [5, 5.41) is 1.93. The maximum absolute atomic E-state index is 13.4. The van der Waals surface area contributed by atoms with Gasteiger partial charge in [0.25, 0.3) is 0 Å². The van der Waals surface area contributed by atoms with E-state index in [0.717, 1.165) is 10.8 Å². The first-order valence-corrected chi connectivity index (χ1v) is 9.70. The summed E-state index contributed by atoms with van der Waals surface area (Å²) in [5.74, 6) is -4.24. The first-order chi connectivity index (χ1) is 13.3. The van der Waals surface area contributed by atoms with Crippen LogP contribution in [0.4, 0.5) is 17.6 Å². The Bertz CT molecular complexity index is 839. The Morgan fingerprint density at radius 2 is 1.57 bits per heavy atom. The van der Waals surface area contributed by atoms with Crippen molar-refractivity contribution in [1.82, 2.24) is 0 Å². The zero-order chi connectivity index (χ0) is 20.7. The van der Waals surface area contributed by atoms with E-state index >= 15 is 0 Å². The lowest BCUT2D eigenvalue weighted by atomic mass is 9.89. The first-order valence-electron chi connectivity index (χ1n) is 9.70. The SMILES string of the molecule is CCC/C(CCC(F)(F)C(F)F)=C(\CCC)C(=O)c1ccc2ccccc2c1. The number of hydrogen-bond acceptors (Lipinski definition) is 1. The monoisotopic (exact) mass is 394 g/mol. The maximum atomic E-state index is 13.4. The number of rotatable bonds is 10. The Kier molecular flexibility index (Phi) is 7.78. The van der Waals surface area contributed by atoms with Crippen molar-refractivity contribution in [3.63, 3.8) is 0 Å². The number of alkyl halides is 4. The van der Waals surface area contributed by atoms with E-state index in [1.54, 1.807) is 12.1 Å². The number of fused-ring (bicyclic) bond motifs is 1. The van der Waals surface area contributed by atoms with Gasteiger partial charge in [0, 0.05) is 12.0 Å². The molecule has 0 bridgehead atoms. The molecule has 0 heterocycles. The van der Waals surface area contributed by atoms with Crippen molar-refractivity contribution in [3.05, 3.63) is 59.2 Å². The van der Waals surface area contributed by atoms with Crippen LogP contribution >= 0.6 is 0 Å². The molecule has 0 atom stereocenters. The topological polar surface area (TPSA) is 17.1 Å². The van der Waals surface area contributed by atoms with Gasteiger partial charge in [-0.2, -0.15) is 0 Å². The molecule has 5 heteroatoms. The number of ketones is 1. The molecule has 0 radical (unpaired) electrons. The summed E-state index contributed by atoms with van der Waals surface area (Å²) in [4.78, 5) is 13.2. The van der Waals surface area contributed by atoms with Crippen molar-refractivity contribution < 1.29 is 22.4 Å². The second-order valence-electron chi connectivity index (χ2n) is 7.03. The van der Waals surface area contributed by atoms with Crippen LogP contribution in [0.15, 0.2) is 53.6 Å². The number of allylic oxidation sites excluding steroid dienone is 2. The van der Waals surface area contributed by atoms with Crippen molar-refractivity contribution >= 4 is 16.6 Å². The van der Waals surface area contributed by atoms with Crippen LogP contribution in [0, 0.1) is 0 Å². The van der Waals surface area contributed by atoms with E-state index in [1.807, 2.05) is 44.2 Å². The molecule has 0 N–H and O–H groups in total. The van der Waals surface area contributed by atoms with Gasteiger partial charge in [-0.15, -0.1) is 0 Å². The third kappa shape index (κ3) is 5.43. The number of carbonyl (C=O) groups excluding carboxylic acids is 1. The van der Waals surface area contributed by atoms with Gasteiger partial charge in [0.1, 0.15) is 0 Å². The molecule has 0 aliphatic rings. The summed E-state index contributed by atoms with van der Waals surface area (Å²) < 4.78 is 51.9. The third-order valence-electron chi connectivity index (χ3n) is 4.84. The standard InChI is InChI=1S/C23H26F4O/c1-3-7-17(13-14-23(26,27)22(24)25)20(8-4-2)21(28)19-12-11-16-9-5-6-10-18(16)15-19/h5-6,9-12,15,22H,3-4,7-8,13-14H2,1-2H3/b20-17-. The van der Waals surface area contributed by atoms with Gasteiger partial charge in [-0.3, -0.25) is 4.79 Å². The fraction of sp³-hybridized carbons (Fsp3) is 0.435. The molecule has 0 saturated carbocycles. The van der Waals surface area contributed by atoms with E-state index in [4.69, 9.17) is 0 Å². The predicted molar refractivity (Wildman–Crippen MR) is 105 cm³/mol. The first kappa shape index (κ1) is 22.1. The summed E-state index contributed by atoms with van der Waals surface area (Å²) in [5.41, 5.74) is 1.56. The molecule has 0 aliphatic carbocycles. The van der Waals surface area contributed by atoms with Crippen LogP contribution in [0.3, 0.4) is 0 Å². The highest BCUT2D eigenvalue weighted by Crippen LogP contribution is 2.33. The Morgan fingerprint density at radius 1 is 0.929 bits per heavy atom. The van der Waals surface area contributed by atoms with Crippen LogP contribution in [0.25, 0.3) is 10.8 Å². The van der Waals surface area contributed by atoms with E-state index < -0.39 is 18.8 Å². The van der Waals surface area contributed by atoms with Crippen LogP contribution in [-0.4, -0.2) is 18.1 Å². The van der Waals surface area contributed by atoms with Gasteiger partial charge in [-0.1, -0.05) is 68.7 Å². The van der Waals surface area contributed by atoms with Gasteiger partial charge in [-0.25, -0.2) is 17.6 Å². The minimum absolute atomic E-state index is 0.195. The lowest BCUT2D eigenvalue weighted by molar-refractivity contribution is -0.132. The highest BCUT2D eigenvalue weighted by Gasteiger charge is 2.40. The van der Waals surface area contributed by atoms with Crippen LogP contribution < -0.4 is 0 Å². The molecule has 0 spiro atoms. The molecule has 0 aliphatic heterocycles. The van der Waals surface area contributed by atoms with Crippen molar-refractivity contribution in [3.8, 4) is 0 Å². The average Bonchev–Trinajstić information content (AvgIpc) is 2.68. The second-order valence-corrected chi connectivity index (χ2v) is 7.03. The second kappa shape index (κ2) is 9.85. The van der Waals surface area contributed by atoms with E-state index in [-0.39, 0.29) is 12.2 Å². The van der Waals surface area contributed by atoms with Gasteiger partial charge in [0.2, 0.25) is 0 Å². The number of Topliss-reactive ketones (excluding diaryl/α,β-unsaturated/α-hetero) is 1. The molecule has 28 heavy (non-hydrogen) atoms. The molecule has 0 aromatic heterocycles. The van der Waals surface area contributed by atoms with Crippen LogP contribution in [0.5, 0.6) is 0 Å². The largest absolute Gasteiger partial charge is 0.307 e. The Morgan fingerprint density at radius 3 is 2.18 bits per heavy atom. The van der Waals surface area contributed by atoms with Crippen molar-refractivity contribution in [1.29, 1.82) is 0 Å². The van der Waals surface area contributed by atoms with Crippen molar-refractivity contribution in [2.45, 2.75) is 64.7 Å². The van der Waals surface area contributed by atoms with Crippen LogP contribution in [0.1, 0.15) is 62.7 Å². The van der Waals surface area contributed by atoms with E-state index in [9.17, 15) is 22.4 Å². The van der Waals surface area contributed by atoms with Crippen molar-refractivity contribution in [2.75, 3.05) is 0 Å². The van der Waals surface area contributed by atoms with Crippen LogP contribution in [-0.2, 0) is 0 Å². The van der Waals surface area contributed by atoms with E-state index in [0.29, 0.717) is 42.4 Å². The van der Waals surface area contributed by atoms with Gasteiger partial charge < -0.3 is 0 Å². The average molecular weight is 394 g/mol. The normalized spacial score (nSPS) is 13.1. The van der Waals surface area contributed by atoms with Crippen LogP contribution in [0.2, 0.25) is 0 Å². The summed E-state index contributed by atoms with van der Waals surface area (Å²) in [6, 6.07) is 13.0. The molecule has 2 aromatic rings. The predicted octanol–water partition coefficient (Wildman–Crippen LogP) is 7.60. The molecular weight excluding hydrogens is 368 g/mol. The van der Waals surface area contributed by atoms with E-state index in [1.165, 1.54) is 0 Å².